The number of para-hydroxylation sites is 1. The summed E-state index contributed by atoms with van der Waals surface area (Å²) in [5, 5.41) is 0. The van der Waals surface area contributed by atoms with Crippen molar-refractivity contribution in [2.75, 3.05) is 13.2 Å². The molecule has 1 atom stereocenters. The van der Waals surface area contributed by atoms with Crippen LogP contribution in [0.5, 0.6) is 11.5 Å². The second-order valence-electron chi connectivity index (χ2n) is 4.28. The fourth-order valence-corrected chi connectivity index (χ4v) is 1.95. The van der Waals surface area contributed by atoms with Crippen LogP contribution in [0.4, 0.5) is 0 Å². The second-order valence-corrected chi connectivity index (χ2v) is 4.28. The van der Waals surface area contributed by atoms with Gasteiger partial charge in [-0.15, -0.1) is 0 Å². The van der Waals surface area contributed by atoms with E-state index < -0.39 is 0 Å². The summed E-state index contributed by atoms with van der Waals surface area (Å²) in [6, 6.07) is 5.72. The molecule has 0 amide bonds. The Kier molecular flexibility index (Phi) is 3.13. The van der Waals surface area contributed by atoms with Crippen molar-refractivity contribution in [1.82, 2.24) is 0 Å². The fourth-order valence-electron chi connectivity index (χ4n) is 1.95. The molecule has 0 radical (unpaired) electrons. The SMILES string of the molecule is CC(C)C(C=O)c1cccc2c1OCCO2. The third-order valence-corrected chi connectivity index (χ3v) is 2.82. The average molecular weight is 220 g/mol. The van der Waals surface area contributed by atoms with E-state index in [0.29, 0.717) is 13.2 Å². The summed E-state index contributed by atoms with van der Waals surface area (Å²) < 4.78 is 11.1. The van der Waals surface area contributed by atoms with Crippen molar-refractivity contribution in [2.45, 2.75) is 19.8 Å². The van der Waals surface area contributed by atoms with E-state index in [1.54, 1.807) is 0 Å². The zero-order chi connectivity index (χ0) is 11.5. The van der Waals surface area contributed by atoms with Crippen molar-refractivity contribution in [3.63, 3.8) is 0 Å². The quantitative estimate of drug-likeness (QED) is 0.734. The van der Waals surface area contributed by atoms with E-state index in [1.807, 2.05) is 32.0 Å². The Labute approximate surface area is 95.4 Å². The average Bonchev–Trinajstić information content (AvgIpc) is 2.30. The molecule has 0 aromatic heterocycles. The Balaban J connectivity index is 2.43. The Bertz CT molecular complexity index is 385. The monoisotopic (exact) mass is 220 g/mol. The molecule has 1 aliphatic rings. The third-order valence-electron chi connectivity index (χ3n) is 2.82. The van der Waals surface area contributed by atoms with Crippen LogP contribution in [0.3, 0.4) is 0 Å². The minimum absolute atomic E-state index is 0.128. The smallest absolute Gasteiger partial charge is 0.165 e. The van der Waals surface area contributed by atoms with Crippen molar-refractivity contribution in [1.29, 1.82) is 0 Å². The van der Waals surface area contributed by atoms with Gasteiger partial charge in [0.25, 0.3) is 0 Å². The lowest BCUT2D eigenvalue weighted by atomic mass is 9.89. The maximum absolute atomic E-state index is 11.1. The highest BCUT2D eigenvalue weighted by Crippen LogP contribution is 2.39. The summed E-state index contributed by atoms with van der Waals surface area (Å²) in [6.07, 6.45) is 0.984. The lowest BCUT2D eigenvalue weighted by Crippen LogP contribution is -2.18. The topological polar surface area (TPSA) is 35.5 Å². The first-order valence-corrected chi connectivity index (χ1v) is 5.58. The van der Waals surface area contributed by atoms with Crippen molar-refractivity contribution in [2.24, 2.45) is 5.92 Å². The van der Waals surface area contributed by atoms with Crippen LogP contribution in [0.25, 0.3) is 0 Å². The first-order valence-electron chi connectivity index (χ1n) is 5.58. The number of carbonyl (C=O) groups is 1. The molecule has 0 saturated carbocycles. The van der Waals surface area contributed by atoms with Crippen LogP contribution in [0.1, 0.15) is 25.3 Å². The third kappa shape index (κ3) is 1.90. The van der Waals surface area contributed by atoms with Crippen molar-refractivity contribution in [3.05, 3.63) is 23.8 Å². The number of fused-ring (bicyclic) bond motifs is 1. The van der Waals surface area contributed by atoms with Gasteiger partial charge in [0.15, 0.2) is 11.5 Å². The highest BCUT2D eigenvalue weighted by Gasteiger charge is 2.23. The van der Waals surface area contributed by atoms with E-state index >= 15 is 0 Å². The van der Waals surface area contributed by atoms with Gasteiger partial charge in [-0.25, -0.2) is 0 Å². The number of ether oxygens (including phenoxy) is 2. The van der Waals surface area contributed by atoms with Gasteiger partial charge in [-0.05, 0) is 12.0 Å². The summed E-state index contributed by atoms with van der Waals surface area (Å²) in [7, 11) is 0. The summed E-state index contributed by atoms with van der Waals surface area (Å²) in [6.45, 7) is 5.18. The number of carbonyl (C=O) groups excluding carboxylic acids is 1. The Hall–Kier alpha value is -1.51. The molecule has 1 aromatic rings. The number of rotatable bonds is 3. The Morgan fingerprint density at radius 2 is 2.00 bits per heavy atom. The van der Waals surface area contributed by atoms with Gasteiger partial charge in [-0.1, -0.05) is 26.0 Å². The highest BCUT2D eigenvalue weighted by atomic mass is 16.6. The number of aldehydes is 1. The molecule has 3 heteroatoms. The van der Waals surface area contributed by atoms with Crippen LogP contribution in [-0.4, -0.2) is 19.5 Å². The second kappa shape index (κ2) is 4.56. The van der Waals surface area contributed by atoms with E-state index in [1.165, 1.54) is 0 Å². The number of benzene rings is 1. The van der Waals surface area contributed by atoms with Gasteiger partial charge >= 0.3 is 0 Å². The fraction of sp³-hybridized carbons (Fsp3) is 0.462. The summed E-state index contributed by atoms with van der Waals surface area (Å²) in [5.74, 6) is 1.61. The van der Waals surface area contributed by atoms with E-state index in [-0.39, 0.29) is 11.8 Å². The first kappa shape index (κ1) is 11.0. The standard InChI is InChI=1S/C13H16O3/c1-9(2)11(8-14)10-4-3-5-12-13(10)16-7-6-15-12/h3-5,8-9,11H,6-7H2,1-2H3. The van der Waals surface area contributed by atoms with Crippen LogP contribution < -0.4 is 9.47 Å². The maximum atomic E-state index is 11.1. The molecule has 1 aromatic carbocycles. The van der Waals surface area contributed by atoms with Gasteiger partial charge < -0.3 is 14.3 Å². The predicted molar refractivity (Wildman–Crippen MR) is 61.1 cm³/mol. The summed E-state index contributed by atoms with van der Waals surface area (Å²) >= 11 is 0. The van der Waals surface area contributed by atoms with Gasteiger partial charge in [-0.2, -0.15) is 0 Å². The van der Waals surface area contributed by atoms with Crippen molar-refractivity contribution in [3.8, 4) is 11.5 Å². The molecule has 0 saturated heterocycles. The van der Waals surface area contributed by atoms with Crippen molar-refractivity contribution < 1.29 is 14.3 Å². The molecule has 3 nitrogen and oxygen atoms in total. The molecule has 0 fully saturated rings. The molecule has 16 heavy (non-hydrogen) atoms. The molecule has 2 rings (SSSR count). The zero-order valence-electron chi connectivity index (χ0n) is 9.60. The number of hydrogen-bond acceptors (Lipinski definition) is 3. The predicted octanol–water partition coefficient (Wildman–Crippen LogP) is 2.40. The first-order chi connectivity index (χ1) is 7.74. The lowest BCUT2D eigenvalue weighted by molar-refractivity contribution is -0.109. The van der Waals surface area contributed by atoms with E-state index in [4.69, 9.17) is 9.47 Å². The maximum Gasteiger partial charge on any atom is 0.165 e. The van der Waals surface area contributed by atoms with E-state index in [2.05, 4.69) is 0 Å². The van der Waals surface area contributed by atoms with Gasteiger partial charge in [0.1, 0.15) is 19.5 Å². The van der Waals surface area contributed by atoms with E-state index in [0.717, 1.165) is 23.3 Å². The molecular weight excluding hydrogens is 204 g/mol. The van der Waals surface area contributed by atoms with Crippen LogP contribution >= 0.6 is 0 Å². The normalized spacial score (nSPS) is 15.9. The molecule has 0 aliphatic carbocycles. The van der Waals surface area contributed by atoms with E-state index in [9.17, 15) is 4.79 Å². The summed E-state index contributed by atoms with van der Waals surface area (Å²) in [5.41, 5.74) is 0.933. The largest absolute Gasteiger partial charge is 0.486 e. The molecule has 0 spiro atoms. The molecule has 1 unspecified atom stereocenters. The molecule has 86 valence electrons. The molecule has 1 aliphatic heterocycles. The molecule has 1 heterocycles. The minimum atomic E-state index is -0.128. The van der Waals surface area contributed by atoms with Crippen LogP contribution in [-0.2, 0) is 4.79 Å². The summed E-state index contributed by atoms with van der Waals surface area (Å²) in [4.78, 5) is 11.1. The lowest BCUT2D eigenvalue weighted by Gasteiger charge is -2.24. The molecule has 0 N–H and O–H groups in total. The Morgan fingerprint density at radius 3 is 2.69 bits per heavy atom. The zero-order valence-corrected chi connectivity index (χ0v) is 9.60. The van der Waals surface area contributed by atoms with Crippen molar-refractivity contribution >= 4 is 6.29 Å². The molecule has 0 bridgehead atoms. The van der Waals surface area contributed by atoms with Gasteiger partial charge in [-0.3, -0.25) is 0 Å². The Morgan fingerprint density at radius 1 is 1.25 bits per heavy atom. The minimum Gasteiger partial charge on any atom is -0.486 e. The van der Waals surface area contributed by atoms with Crippen LogP contribution in [0.2, 0.25) is 0 Å². The van der Waals surface area contributed by atoms with Gasteiger partial charge in [0, 0.05) is 11.5 Å². The van der Waals surface area contributed by atoms with Crippen LogP contribution in [0.15, 0.2) is 18.2 Å². The van der Waals surface area contributed by atoms with Gasteiger partial charge in [0.2, 0.25) is 0 Å². The molecular formula is C13H16O3. The number of hydrogen-bond donors (Lipinski definition) is 0. The van der Waals surface area contributed by atoms with Crippen LogP contribution in [0, 0.1) is 5.92 Å². The van der Waals surface area contributed by atoms with Gasteiger partial charge in [0.05, 0.1) is 0 Å². The highest BCUT2D eigenvalue weighted by molar-refractivity contribution is 5.66.